The number of ether oxygens (including phenoxy) is 1. The van der Waals surface area contributed by atoms with Gasteiger partial charge in [0.1, 0.15) is 5.69 Å². The first kappa shape index (κ1) is 17.4. The normalized spacial score (nSPS) is 10.1. The molecule has 0 unspecified atom stereocenters. The number of fused-ring (bicyclic) bond motifs is 1. The maximum Gasteiger partial charge on any atom is 0.354 e. The summed E-state index contributed by atoms with van der Waals surface area (Å²) in [5, 5.41) is 6.13. The highest BCUT2D eigenvalue weighted by Crippen LogP contribution is 2.25. The van der Waals surface area contributed by atoms with Crippen molar-refractivity contribution in [2.24, 2.45) is 0 Å². The molecular weight excluding hydrogens is 328 g/mol. The number of esters is 1. The Hall–Kier alpha value is -1.92. The van der Waals surface area contributed by atoms with Gasteiger partial charge >= 0.3 is 5.97 Å². The minimum atomic E-state index is -0.316. The molecule has 0 aliphatic rings. The zero-order valence-electron chi connectivity index (χ0n) is 13.3. The van der Waals surface area contributed by atoms with Gasteiger partial charge in [0.15, 0.2) is 0 Å². The van der Waals surface area contributed by atoms with Crippen molar-refractivity contribution < 1.29 is 11.0 Å². The summed E-state index contributed by atoms with van der Waals surface area (Å²) in [5.41, 5.74) is 3.55. The van der Waals surface area contributed by atoms with E-state index in [0.29, 0.717) is 12.3 Å². The molecule has 2 N–H and O–H groups in total. The number of rotatable bonds is 3. The number of anilines is 1. The molecule has 23 heavy (non-hydrogen) atoms. The number of aromatic nitrogens is 1. The molecule has 0 bridgehead atoms. The van der Waals surface area contributed by atoms with Gasteiger partial charge in [0.2, 0.25) is 0 Å². The van der Waals surface area contributed by atoms with Crippen LogP contribution in [0, 0.1) is 6.92 Å². The van der Waals surface area contributed by atoms with E-state index < -0.39 is 0 Å². The van der Waals surface area contributed by atoms with E-state index in [1.165, 1.54) is 0 Å². The van der Waals surface area contributed by atoms with Crippen LogP contribution in [0.25, 0.3) is 10.9 Å². The van der Waals surface area contributed by atoms with Crippen LogP contribution in [0.2, 0.25) is 0 Å². The minimum absolute atomic E-state index is 0. The summed E-state index contributed by atoms with van der Waals surface area (Å²) in [6.07, 6.45) is 0. The van der Waals surface area contributed by atoms with Crippen LogP contribution in [-0.2, 0) is 4.74 Å². The molecule has 0 saturated carbocycles. The Labute approximate surface area is 146 Å². The average Bonchev–Trinajstić information content (AvgIpc) is 3.16. The van der Waals surface area contributed by atoms with Crippen molar-refractivity contribution in [2.45, 2.75) is 18.1 Å². The highest BCUT2D eigenvalue weighted by atomic mass is 32.2. The Morgan fingerprint density at radius 2 is 2.22 bits per heavy atom. The molecule has 0 spiro atoms. The summed E-state index contributed by atoms with van der Waals surface area (Å²) in [4.78, 5) is 14.7. The lowest BCUT2D eigenvalue weighted by Gasteiger charge is -2.03. The third-order valence-corrected chi connectivity index (χ3v) is 4.28. The number of aryl methyl sites for hydroxylation is 1. The highest BCUT2D eigenvalue weighted by molar-refractivity contribution is 7.82. The van der Waals surface area contributed by atoms with Crippen LogP contribution in [0.4, 0.5) is 5.69 Å². The fourth-order valence-corrected chi connectivity index (χ4v) is 2.90. The van der Waals surface area contributed by atoms with Gasteiger partial charge in [-0.25, -0.2) is 4.79 Å². The van der Waals surface area contributed by atoms with Crippen LogP contribution in [-0.4, -0.2) is 24.6 Å². The first-order valence-electron chi connectivity index (χ1n) is 7.25. The molecule has 2 heterocycles. The molecule has 0 saturated heterocycles. The molecular formula is C17H22N2O2S2. The summed E-state index contributed by atoms with van der Waals surface area (Å²) in [6, 6.07) is 9.84. The van der Waals surface area contributed by atoms with Crippen LogP contribution in [0.5, 0.6) is 0 Å². The quantitative estimate of drug-likeness (QED) is 0.461. The number of carbonyl (C=O) groups excluding carboxylic acids is 1. The van der Waals surface area contributed by atoms with Crippen molar-refractivity contribution in [3.8, 4) is 0 Å². The monoisotopic (exact) mass is 350 g/mol. The Balaban J connectivity index is 0.000000349. The van der Waals surface area contributed by atoms with Gasteiger partial charge in [0.25, 0.3) is 0 Å². The zero-order valence-corrected chi connectivity index (χ0v) is 15.1. The number of carbonyl (C=O) groups is 1. The molecule has 0 fully saturated rings. The first-order valence-corrected chi connectivity index (χ1v) is 8.58. The number of benzene rings is 1. The Morgan fingerprint density at radius 1 is 1.43 bits per heavy atom. The third kappa shape index (κ3) is 4.53. The van der Waals surface area contributed by atoms with Gasteiger partial charge in [0, 0.05) is 13.9 Å². The van der Waals surface area contributed by atoms with Gasteiger partial charge in [-0.2, -0.15) is 0 Å². The summed E-state index contributed by atoms with van der Waals surface area (Å²) < 4.78 is 6.05. The number of thiol groups is 1. The summed E-state index contributed by atoms with van der Waals surface area (Å²) >= 11 is 5.70. The Morgan fingerprint density at radius 3 is 2.74 bits per heavy atom. The first-order chi connectivity index (χ1) is 11.0. The highest BCUT2D eigenvalue weighted by Gasteiger charge is 2.12. The van der Waals surface area contributed by atoms with Crippen LogP contribution in [0.15, 0.2) is 39.9 Å². The van der Waals surface area contributed by atoms with Crippen molar-refractivity contribution in [1.29, 1.82) is 0 Å². The third-order valence-electron chi connectivity index (χ3n) is 3.14. The van der Waals surface area contributed by atoms with E-state index >= 15 is 0 Å². The van der Waals surface area contributed by atoms with Crippen LogP contribution < -0.4 is 5.32 Å². The number of hydrogen-bond acceptors (Lipinski definition) is 5. The van der Waals surface area contributed by atoms with Crippen LogP contribution in [0.3, 0.4) is 0 Å². The molecule has 2 aromatic heterocycles. The lowest BCUT2D eigenvalue weighted by Crippen LogP contribution is -2.04. The largest absolute Gasteiger partial charge is 0.461 e. The number of H-pyrrole nitrogens is 1. The molecule has 124 valence electrons. The maximum atomic E-state index is 11.6. The van der Waals surface area contributed by atoms with Crippen molar-refractivity contribution in [1.82, 2.24) is 4.98 Å². The van der Waals surface area contributed by atoms with Crippen LogP contribution in [0.1, 0.15) is 24.4 Å². The average molecular weight is 351 g/mol. The minimum Gasteiger partial charge on any atom is -0.461 e. The van der Waals surface area contributed by atoms with Gasteiger partial charge in [-0.3, -0.25) is 0 Å². The van der Waals surface area contributed by atoms with Crippen molar-refractivity contribution in [3.63, 3.8) is 0 Å². The van der Waals surface area contributed by atoms with Gasteiger partial charge in [-0.1, -0.05) is 6.07 Å². The Kier molecular flexibility index (Phi) is 6.12. The predicted octanol–water partition coefficient (Wildman–Crippen LogP) is 4.98. The molecule has 0 aliphatic carbocycles. The van der Waals surface area contributed by atoms with Crippen molar-refractivity contribution in [2.75, 3.05) is 19.0 Å². The summed E-state index contributed by atoms with van der Waals surface area (Å²) in [7, 11) is 1.86. The molecule has 0 amide bonds. The van der Waals surface area contributed by atoms with E-state index in [2.05, 4.69) is 22.9 Å². The molecule has 4 nitrogen and oxygen atoms in total. The second kappa shape index (κ2) is 8.08. The second-order valence-electron chi connectivity index (χ2n) is 4.88. The molecule has 3 rings (SSSR count). The molecule has 0 radical (unpaired) electrons. The Bertz CT molecular complexity index is 785. The van der Waals surface area contributed by atoms with Gasteiger partial charge in [0.05, 0.1) is 22.0 Å². The van der Waals surface area contributed by atoms with E-state index in [1.807, 2.05) is 49.7 Å². The fraction of sp³-hybridized carbons (Fsp3) is 0.235. The van der Waals surface area contributed by atoms with Crippen molar-refractivity contribution in [3.05, 3.63) is 47.0 Å². The maximum absolute atomic E-state index is 11.6. The number of hydrogen-bond donors (Lipinski definition) is 3. The fourth-order valence-electron chi connectivity index (χ4n) is 2.18. The van der Waals surface area contributed by atoms with Gasteiger partial charge in [-0.05, 0) is 49.1 Å². The lowest BCUT2D eigenvalue weighted by molar-refractivity contribution is 0.0520. The van der Waals surface area contributed by atoms with E-state index in [0.717, 1.165) is 26.4 Å². The summed E-state index contributed by atoms with van der Waals surface area (Å²) in [5.74, 6) is -0.316. The lowest BCUT2D eigenvalue weighted by atomic mass is 10.1. The number of nitrogens with one attached hydrogen (secondary N) is 2. The SMILES string of the molecule is CCOC(=O)c1cc2cc(C)cc(NC)c2[nH]1.Sc1cccs1.[HH]. The number of thiophene rings is 1. The molecule has 1 aromatic carbocycles. The smallest absolute Gasteiger partial charge is 0.354 e. The van der Waals surface area contributed by atoms with Gasteiger partial charge in [-0.15, -0.1) is 24.0 Å². The van der Waals surface area contributed by atoms with Gasteiger partial charge < -0.3 is 15.0 Å². The molecule has 6 heteroatoms. The summed E-state index contributed by atoms with van der Waals surface area (Å²) in [6.45, 7) is 4.20. The molecule has 0 aliphatic heterocycles. The van der Waals surface area contributed by atoms with Crippen LogP contribution >= 0.6 is 24.0 Å². The van der Waals surface area contributed by atoms with Crippen molar-refractivity contribution >= 4 is 46.5 Å². The standard InChI is InChI=1S/C13H16N2O2.C4H4S2.H2/c1-4-17-13(16)11-7-9-5-8(2)6-10(14-3)12(9)15-11;5-4-2-1-3-6-4;/h5-7,14-15H,4H2,1-3H3;1-3,5H;1H. The predicted molar refractivity (Wildman–Crippen MR) is 102 cm³/mol. The van der Waals surface area contributed by atoms with E-state index in [1.54, 1.807) is 18.3 Å². The number of aromatic amines is 1. The van der Waals surface area contributed by atoms with E-state index in [4.69, 9.17) is 4.74 Å². The van der Waals surface area contributed by atoms with E-state index in [-0.39, 0.29) is 7.40 Å². The molecule has 3 aromatic rings. The van der Waals surface area contributed by atoms with E-state index in [9.17, 15) is 4.79 Å². The zero-order chi connectivity index (χ0) is 16.8. The molecule has 0 atom stereocenters. The second-order valence-corrected chi connectivity index (χ2v) is 6.61. The topological polar surface area (TPSA) is 54.1 Å².